The molecule has 2 nitrogen and oxygen atoms in total. The molecule has 1 saturated heterocycles. The van der Waals surface area contributed by atoms with Gasteiger partial charge in [0.25, 0.3) is 0 Å². The molecule has 1 amide bonds. The fourth-order valence-corrected chi connectivity index (χ4v) is 1.83. The van der Waals surface area contributed by atoms with Crippen LogP contribution in [-0.2, 0) is 4.79 Å². The minimum Gasteiger partial charge on any atom is -0.356 e. The standard InChI is InChI=1S/C10H16F3NO/c1-9(4-2-5-10(11,12)13)6-3-8(15)14-7-9/h2-7H2,1H3,(H,14,15). The molecule has 0 radical (unpaired) electrons. The lowest BCUT2D eigenvalue weighted by atomic mass is 9.78. The Bertz CT molecular complexity index is 227. The van der Waals surface area contributed by atoms with Crippen LogP contribution in [0, 0.1) is 5.41 Å². The molecule has 0 bridgehead atoms. The molecule has 5 heteroatoms. The van der Waals surface area contributed by atoms with Gasteiger partial charge in [0.2, 0.25) is 5.91 Å². The molecule has 1 unspecified atom stereocenters. The number of carbonyl (C=O) groups excluding carboxylic acids is 1. The summed E-state index contributed by atoms with van der Waals surface area (Å²) in [5.74, 6) is 0.00305. The molecule has 1 N–H and O–H groups in total. The second kappa shape index (κ2) is 4.41. The number of hydrogen-bond donors (Lipinski definition) is 1. The highest BCUT2D eigenvalue weighted by atomic mass is 19.4. The predicted molar refractivity (Wildman–Crippen MR) is 50.3 cm³/mol. The van der Waals surface area contributed by atoms with Crippen molar-refractivity contribution in [3.8, 4) is 0 Å². The Morgan fingerprint density at radius 3 is 2.60 bits per heavy atom. The number of hydrogen-bond acceptors (Lipinski definition) is 1. The van der Waals surface area contributed by atoms with E-state index in [1.165, 1.54) is 0 Å². The Labute approximate surface area is 87.2 Å². The van der Waals surface area contributed by atoms with Crippen LogP contribution in [0.2, 0.25) is 0 Å². The minimum absolute atomic E-state index is 0.00305. The largest absolute Gasteiger partial charge is 0.389 e. The lowest BCUT2D eigenvalue weighted by molar-refractivity contribution is -0.137. The van der Waals surface area contributed by atoms with Crippen LogP contribution in [0.3, 0.4) is 0 Å². The normalized spacial score (nSPS) is 27.6. The fourth-order valence-electron chi connectivity index (χ4n) is 1.83. The summed E-state index contributed by atoms with van der Waals surface area (Å²) in [6.07, 6.45) is -2.99. The van der Waals surface area contributed by atoms with Gasteiger partial charge in [-0.3, -0.25) is 4.79 Å². The molecule has 1 rings (SSSR count). The molecule has 0 aromatic heterocycles. The molecule has 0 aliphatic carbocycles. The Hall–Kier alpha value is -0.740. The minimum atomic E-state index is -4.06. The number of rotatable bonds is 3. The lowest BCUT2D eigenvalue weighted by Gasteiger charge is -2.33. The summed E-state index contributed by atoms with van der Waals surface area (Å²) in [4.78, 5) is 10.9. The summed E-state index contributed by atoms with van der Waals surface area (Å²) >= 11 is 0. The number of nitrogens with one attached hydrogen (secondary N) is 1. The summed E-state index contributed by atoms with van der Waals surface area (Å²) in [6.45, 7) is 2.44. The summed E-state index contributed by atoms with van der Waals surface area (Å²) < 4.78 is 35.8. The van der Waals surface area contributed by atoms with E-state index in [0.717, 1.165) is 0 Å². The third kappa shape index (κ3) is 4.53. The van der Waals surface area contributed by atoms with Crippen LogP contribution in [0.5, 0.6) is 0 Å². The first kappa shape index (κ1) is 12.3. The maximum absolute atomic E-state index is 11.9. The predicted octanol–water partition coefficient (Wildman–Crippen LogP) is 2.64. The Morgan fingerprint density at radius 2 is 2.13 bits per heavy atom. The lowest BCUT2D eigenvalue weighted by Crippen LogP contribution is -2.41. The van der Waals surface area contributed by atoms with Crippen LogP contribution in [0.25, 0.3) is 0 Å². The number of amides is 1. The zero-order chi connectivity index (χ0) is 11.5. The van der Waals surface area contributed by atoms with E-state index in [-0.39, 0.29) is 17.7 Å². The summed E-state index contributed by atoms with van der Waals surface area (Å²) in [5, 5.41) is 2.70. The highest BCUT2D eigenvalue weighted by molar-refractivity contribution is 5.76. The third-order valence-corrected chi connectivity index (χ3v) is 2.91. The molecule has 88 valence electrons. The second-order valence-electron chi connectivity index (χ2n) is 4.56. The molecular weight excluding hydrogens is 207 g/mol. The van der Waals surface area contributed by atoms with Crippen LogP contribution in [-0.4, -0.2) is 18.6 Å². The Morgan fingerprint density at radius 1 is 1.47 bits per heavy atom. The van der Waals surface area contributed by atoms with E-state index < -0.39 is 12.6 Å². The molecule has 1 aliphatic heterocycles. The highest BCUT2D eigenvalue weighted by Crippen LogP contribution is 2.33. The molecule has 1 aliphatic rings. The van der Waals surface area contributed by atoms with Crippen molar-refractivity contribution < 1.29 is 18.0 Å². The van der Waals surface area contributed by atoms with Crippen LogP contribution in [0.4, 0.5) is 13.2 Å². The van der Waals surface area contributed by atoms with Gasteiger partial charge in [-0.1, -0.05) is 6.92 Å². The quantitative estimate of drug-likeness (QED) is 0.783. The second-order valence-corrected chi connectivity index (χ2v) is 4.56. The molecule has 0 aromatic rings. The third-order valence-electron chi connectivity index (χ3n) is 2.91. The van der Waals surface area contributed by atoms with E-state index in [0.29, 0.717) is 25.8 Å². The maximum atomic E-state index is 11.9. The van der Waals surface area contributed by atoms with Crippen molar-refractivity contribution in [1.82, 2.24) is 5.32 Å². The molecule has 0 spiro atoms. The highest BCUT2D eigenvalue weighted by Gasteiger charge is 2.32. The van der Waals surface area contributed by atoms with Crippen molar-refractivity contribution in [3.05, 3.63) is 0 Å². The zero-order valence-electron chi connectivity index (χ0n) is 8.78. The van der Waals surface area contributed by atoms with E-state index in [2.05, 4.69) is 5.32 Å². The van der Waals surface area contributed by atoms with E-state index >= 15 is 0 Å². The van der Waals surface area contributed by atoms with Crippen molar-refractivity contribution in [1.29, 1.82) is 0 Å². The average Bonchev–Trinajstić information content (AvgIpc) is 2.09. The molecule has 0 saturated carbocycles. The van der Waals surface area contributed by atoms with Crippen molar-refractivity contribution in [3.63, 3.8) is 0 Å². The molecule has 1 heterocycles. The van der Waals surface area contributed by atoms with Gasteiger partial charge in [-0.2, -0.15) is 13.2 Å². The van der Waals surface area contributed by atoms with Gasteiger partial charge in [-0.25, -0.2) is 0 Å². The van der Waals surface area contributed by atoms with Crippen molar-refractivity contribution in [2.75, 3.05) is 6.54 Å². The van der Waals surface area contributed by atoms with Gasteiger partial charge in [-0.05, 0) is 24.7 Å². The SMILES string of the molecule is CC1(CCCC(F)(F)F)CCC(=O)NC1. The van der Waals surface area contributed by atoms with Crippen molar-refractivity contribution in [2.45, 2.75) is 45.2 Å². The van der Waals surface area contributed by atoms with Gasteiger partial charge in [0.1, 0.15) is 0 Å². The zero-order valence-corrected chi connectivity index (χ0v) is 8.78. The van der Waals surface area contributed by atoms with E-state index in [1.54, 1.807) is 0 Å². The van der Waals surface area contributed by atoms with Crippen LogP contribution < -0.4 is 5.32 Å². The van der Waals surface area contributed by atoms with Crippen LogP contribution >= 0.6 is 0 Å². The Kier molecular flexibility index (Phi) is 3.62. The molecule has 1 atom stereocenters. The van der Waals surface area contributed by atoms with Gasteiger partial charge in [0, 0.05) is 19.4 Å². The Balaban J connectivity index is 2.28. The van der Waals surface area contributed by atoms with Crippen LogP contribution in [0.1, 0.15) is 39.0 Å². The van der Waals surface area contributed by atoms with Crippen LogP contribution in [0.15, 0.2) is 0 Å². The summed E-state index contributed by atoms with van der Waals surface area (Å²) in [7, 11) is 0. The molecule has 0 aromatic carbocycles. The first-order valence-corrected chi connectivity index (χ1v) is 5.14. The molecule has 15 heavy (non-hydrogen) atoms. The number of halogens is 3. The first-order valence-electron chi connectivity index (χ1n) is 5.14. The number of piperidine rings is 1. The molecule has 1 fully saturated rings. The van der Waals surface area contributed by atoms with Crippen molar-refractivity contribution >= 4 is 5.91 Å². The summed E-state index contributed by atoms with van der Waals surface area (Å²) in [5.41, 5.74) is -0.154. The van der Waals surface area contributed by atoms with Gasteiger partial charge in [-0.15, -0.1) is 0 Å². The van der Waals surface area contributed by atoms with Gasteiger partial charge < -0.3 is 5.32 Å². The topological polar surface area (TPSA) is 29.1 Å². The van der Waals surface area contributed by atoms with E-state index in [4.69, 9.17) is 0 Å². The van der Waals surface area contributed by atoms with Gasteiger partial charge in [0.15, 0.2) is 0 Å². The van der Waals surface area contributed by atoms with Gasteiger partial charge >= 0.3 is 6.18 Å². The smallest absolute Gasteiger partial charge is 0.356 e. The molecular formula is C10H16F3NO. The number of carbonyl (C=O) groups is 1. The summed E-state index contributed by atoms with van der Waals surface area (Å²) in [6, 6.07) is 0. The van der Waals surface area contributed by atoms with E-state index in [1.807, 2.05) is 6.92 Å². The van der Waals surface area contributed by atoms with Crippen molar-refractivity contribution in [2.24, 2.45) is 5.41 Å². The first-order chi connectivity index (χ1) is 6.81. The average molecular weight is 223 g/mol. The number of alkyl halides is 3. The van der Waals surface area contributed by atoms with E-state index in [9.17, 15) is 18.0 Å². The fraction of sp³-hybridized carbons (Fsp3) is 0.900. The monoisotopic (exact) mass is 223 g/mol. The maximum Gasteiger partial charge on any atom is 0.389 e. The van der Waals surface area contributed by atoms with Gasteiger partial charge in [0.05, 0.1) is 0 Å².